The molecular formula is C43H65N13O9S. The van der Waals surface area contributed by atoms with Gasteiger partial charge in [0, 0.05) is 48.3 Å². The minimum Gasteiger partial charge on any atom is -0.370 e. The quantitative estimate of drug-likeness (QED) is 0.0386. The smallest absolute Gasteiger partial charge is 0.243 e. The second-order valence-corrected chi connectivity index (χ2v) is 17.7. The van der Waals surface area contributed by atoms with E-state index in [4.69, 9.17) is 17.2 Å². The number of H-pyrrole nitrogens is 2. The molecule has 0 unspecified atom stereocenters. The molecule has 66 heavy (non-hydrogen) atoms. The van der Waals surface area contributed by atoms with Crippen LogP contribution in [0.3, 0.4) is 0 Å². The third kappa shape index (κ3) is 17.5. The first-order valence-corrected chi connectivity index (χ1v) is 23.0. The third-order valence-electron chi connectivity index (χ3n) is 10.4. The zero-order valence-corrected chi connectivity index (χ0v) is 39.0. The van der Waals surface area contributed by atoms with Gasteiger partial charge in [-0.2, -0.15) is 11.8 Å². The van der Waals surface area contributed by atoms with Gasteiger partial charge in [0.25, 0.3) is 0 Å². The number of carbonyl (C=O) groups excluding carboxylic acids is 9. The van der Waals surface area contributed by atoms with Gasteiger partial charge in [0.05, 0.1) is 18.9 Å². The van der Waals surface area contributed by atoms with E-state index in [0.29, 0.717) is 23.4 Å². The molecule has 22 nitrogen and oxygen atoms in total. The number of hydrogen-bond acceptors (Lipinski definition) is 12. The van der Waals surface area contributed by atoms with Crippen molar-refractivity contribution < 1.29 is 43.2 Å². The zero-order valence-electron chi connectivity index (χ0n) is 38.2. The molecule has 0 aliphatic carbocycles. The van der Waals surface area contributed by atoms with Gasteiger partial charge in [0.2, 0.25) is 53.2 Å². The van der Waals surface area contributed by atoms with Crippen LogP contribution in [0, 0.1) is 11.8 Å². The van der Waals surface area contributed by atoms with Gasteiger partial charge < -0.3 is 64.4 Å². The van der Waals surface area contributed by atoms with Gasteiger partial charge in [0.1, 0.15) is 36.3 Å². The monoisotopic (exact) mass is 939 g/mol. The summed E-state index contributed by atoms with van der Waals surface area (Å²) < 4.78 is 0. The van der Waals surface area contributed by atoms with Crippen molar-refractivity contribution in [3.8, 4) is 0 Å². The summed E-state index contributed by atoms with van der Waals surface area (Å²) in [6.07, 6.45) is 6.62. The van der Waals surface area contributed by atoms with E-state index in [0.717, 1.165) is 10.9 Å². The fraction of sp³-hybridized carbons (Fsp3) is 0.535. The Bertz CT molecular complexity index is 2150. The van der Waals surface area contributed by atoms with E-state index < -0.39 is 108 Å². The van der Waals surface area contributed by atoms with E-state index >= 15 is 0 Å². The maximum absolute atomic E-state index is 13.8. The van der Waals surface area contributed by atoms with Crippen molar-refractivity contribution in [3.63, 3.8) is 0 Å². The Hall–Kier alpha value is -6.49. The van der Waals surface area contributed by atoms with Gasteiger partial charge in [-0.15, -0.1) is 0 Å². The molecule has 0 saturated carbocycles. The van der Waals surface area contributed by atoms with Crippen LogP contribution in [0.4, 0.5) is 0 Å². The highest BCUT2D eigenvalue weighted by atomic mass is 32.2. The van der Waals surface area contributed by atoms with Crippen LogP contribution in [-0.4, -0.2) is 129 Å². The third-order valence-corrected chi connectivity index (χ3v) is 11.1. The SMILES string of the molecule is CSCC[C@@H](NC(=O)[C@H](CC(C)C)NC(=O)[C@@H](Cc1cnc[nH]1)NC(=O)CNC(=O)[C@H](NC(=O)[C@H](C)NC(=O)[C@@H](Cc1c[nH]c2ccccc12)NC(=O)[C@@H](N)CCC(N)=O)C(C)C)C(N)=O. The number of amides is 9. The predicted octanol–water partition coefficient (Wildman–Crippen LogP) is -1.75. The van der Waals surface area contributed by atoms with Crippen LogP contribution in [0.5, 0.6) is 0 Å². The van der Waals surface area contributed by atoms with Gasteiger partial charge in [-0.05, 0) is 61.7 Å². The normalized spacial score (nSPS) is 14.4. The Morgan fingerprint density at radius 2 is 1.35 bits per heavy atom. The van der Waals surface area contributed by atoms with Gasteiger partial charge in [0.15, 0.2) is 0 Å². The van der Waals surface area contributed by atoms with Gasteiger partial charge in [-0.1, -0.05) is 45.9 Å². The molecule has 0 fully saturated rings. The maximum Gasteiger partial charge on any atom is 0.243 e. The molecule has 0 aliphatic heterocycles. The Balaban J connectivity index is 1.68. The lowest BCUT2D eigenvalue weighted by molar-refractivity contribution is -0.135. The van der Waals surface area contributed by atoms with E-state index in [1.165, 1.54) is 31.2 Å². The molecule has 0 aliphatic rings. The molecule has 0 radical (unpaired) electrons. The highest BCUT2D eigenvalue weighted by molar-refractivity contribution is 7.98. The number of thioether (sulfide) groups is 1. The second-order valence-electron chi connectivity index (χ2n) is 16.8. The first kappa shape index (κ1) is 53.8. The average Bonchev–Trinajstić information content (AvgIpc) is 3.93. The van der Waals surface area contributed by atoms with E-state index in [2.05, 4.69) is 52.2 Å². The summed E-state index contributed by atoms with van der Waals surface area (Å²) in [7, 11) is 0. The van der Waals surface area contributed by atoms with Crippen molar-refractivity contribution in [2.75, 3.05) is 18.6 Å². The number of nitrogens with one attached hydrogen (secondary N) is 9. The maximum atomic E-state index is 13.8. The molecule has 362 valence electrons. The summed E-state index contributed by atoms with van der Waals surface area (Å²) in [4.78, 5) is 128. The Morgan fingerprint density at radius 3 is 1.97 bits per heavy atom. The predicted molar refractivity (Wildman–Crippen MR) is 247 cm³/mol. The largest absolute Gasteiger partial charge is 0.370 e. The minimum atomic E-state index is -1.25. The van der Waals surface area contributed by atoms with Gasteiger partial charge in [-0.3, -0.25) is 43.2 Å². The lowest BCUT2D eigenvalue weighted by Gasteiger charge is -2.26. The van der Waals surface area contributed by atoms with Crippen molar-refractivity contribution >= 4 is 75.8 Å². The van der Waals surface area contributed by atoms with Crippen LogP contribution < -0.4 is 54.4 Å². The van der Waals surface area contributed by atoms with Gasteiger partial charge in [-0.25, -0.2) is 4.98 Å². The molecule has 3 aromatic rings. The zero-order chi connectivity index (χ0) is 49.1. The summed E-state index contributed by atoms with van der Waals surface area (Å²) >= 11 is 1.48. The highest BCUT2D eigenvalue weighted by Crippen LogP contribution is 2.19. The topological polar surface area (TPSA) is 360 Å². The number of nitrogens with zero attached hydrogens (tertiary/aromatic N) is 1. The van der Waals surface area contributed by atoms with E-state index in [-0.39, 0.29) is 38.0 Å². The number of benzene rings is 1. The minimum absolute atomic E-state index is 0.00564. The van der Waals surface area contributed by atoms with Crippen LogP contribution in [-0.2, 0) is 56.0 Å². The molecule has 0 spiro atoms. The van der Waals surface area contributed by atoms with Crippen molar-refractivity contribution in [2.45, 2.75) is 115 Å². The summed E-state index contributed by atoms with van der Waals surface area (Å²) in [5.41, 5.74) is 18.7. The number of primary amides is 2. The number of para-hydroxylation sites is 1. The lowest BCUT2D eigenvalue weighted by atomic mass is 10.0. The van der Waals surface area contributed by atoms with Crippen LogP contribution in [0.1, 0.15) is 71.6 Å². The van der Waals surface area contributed by atoms with Crippen molar-refractivity contribution in [1.29, 1.82) is 0 Å². The average molecular weight is 940 g/mol. The van der Waals surface area contributed by atoms with Gasteiger partial charge >= 0.3 is 0 Å². The number of aromatic nitrogens is 3. The number of nitrogens with two attached hydrogens (primary N) is 3. The Labute approximate surface area is 387 Å². The number of rotatable bonds is 28. The van der Waals surface area contributed by atoms with Crippen LogP contribution >= 0.6 is 11.8 Å². The van der Waals surface area contributed by atoms with Crippen LogP contribution in [0.25, 0.3) is 10.9 Å². The molecule has 7 atom stereocenters. The van der Waals surface area contributed by atoms with E-state index in [1.54, 1.807) is 20.0 Å². The van der Waals surface area contributed by atoms with Crippen molar-refractivity contribution in [3.05, 3.63) is 54.2 Å². The van der Waals surface area contributed by atoms with E-state index in [9.17, 15) is 43.2 Å². The Kier molecular flexibility index (Phi) is 21.6. The Morgan fingerprint density at radius 1 is 0.712 bits per heavy atom. The second kappa shape index (κ2) is 26.5. The summed E-state index contributed by atoms with van der Waals surface area (Å²) in [5.74, 6) is -6.41. The lowest BCUT2D eigenvalue weighted by Crippen LogP contribution is -2.59. The number of aromatic amines is 2. The highest BCUT2D eigenvalue weighted by Gasteiger charge is 2.33. The molecule has 9 amide bonds. The van der Waals surface area contributed by atoms with Crippen LogP contribution in [0.2, 0.25) is 0 Å². The van der Waals surface area contributed by atoms with Crippen LogP contribution in [0.15, 0.2) is 43.0 Å². The first-order valence-electron chi connectivity index (χ1n) is 21.6. The number of carbonyl (C=O) groups is 9. The molecule has 3 rings (SSSR count). The molecule has 2 heterocycles. The summed E-state index contributed by atoms with van der Waals surface area (Å²) in [6, 6.07) is -0.720. The first-order chi connectivity index (χ1) is 31.2. The molecular weight excluding hydrogens is 875 g/mol. The standard InChI is InChI=1S/C43H65N13O9S/c1-22(2)15-31(41(63)53-30(37(46)59)13-14-66-6)55-42(64)33(17-26-19-47-21-50-26)52-35(58)20-49-43(65)36(23(3)4)56-38(60)24(5)51-40(62)32(54-39(61)28(44)11-12-34(45)57)16-25-18-48-29-10-8-7-9-27(25)29/h7-10,18-19,21-24,28,30-33,36,48H,11-17,20,44H2,1-6H3,(H2,45,57)(H2,46,59)(H,47,50)(H,49,65)(H,51,62)(H,52,58)(H,53,63)(H,54,61)(H,55,64)(H,56,60)/t24-,28-,30+,31-,32+,33+,36+/m0/s1. The molecule has 0 bridgehead atoms. The summed E-state index contributed by atoms with van der Waals surface area (Å²) in [5, 5.41) is 19.0. The molecule has 2 aromatic heterocycles. The fourth-order valence-corrected chi connectivity index (χ4v) is 7.22. The number of hydrogen-bond donors (Lipinski definition) is 12. The van der Waals surface area contributed by atoms with Crippen molar-refractivity contribution in [2.24, 2.45) is 29.0 Å². The fourth-order valence-electron chi connectivity index (χ4n) is 6.75. The summed E-state index contributed by atoms with van der Waals surface area (Å²) in [6.45, 7) is 7.79. The number of fused-ring (bicyclic) bond motifs is 1. The molecule has 23 heteroatoms. The molecule has 0 saturated heterocycles. The van der Waals surface area contributed by atoms with Crippen molar-refractivity contribution in [1.82, 2.24) is 52.2 Å². The molecule has 15 N–H and O–H groups in total. The van der Waals surface area contributed by atoms with E-state index in [1.807, 2.05) is 44.4 Å². The molecule has 1 aromatic carbocycles. The number of imidazole rings is 1.